The molecule has 0 aromatic carbocycles. The molecule has 140 valence electrons. The Kier molecular flexibility index (Phi) is 4.70. The number of H-pyrrole nitrogens is 1. The van der Waals surface area contributed by atoms with E-state index in [1.54, 1.807) is 24.7 Å². The second kappa shape index (κ2) is 7.30. The molecule has 4 rings (SSSR count). The van der Waals surface area contributed by atoms with Gasteiger partial charge >= 0.3 is 0 Å². The Morgan fingerprint density at radius 1 is 1.33 bits per heavy atom. The quantitative estimate of drug-likeness (QED) is 0.745. The molecule has 1 aliphatic heterocycles. The summed E-state index contributed by atoms with van der Waals surface area (Å²) in [5.74, 6) is 0.767. The third-order valence-corrected chi connectivity index (χ3v) is 5.10. The molecule has 3 aromatic heterocycles. The summed E-state index contributed by atoms with van der Waals surface area (Å²) in [7, 11) is 0. The van der Waals surface area contributed by atoms with Gasteiger partial charge in [-0.25, -0.2) is 0 Å². The molecular weight excluding hydrogens is 344 g/mol. The molecule has 27 heavy (non-hydrogen) atoms. The predicted octanol–water partition coefficient (Wildman–Crippen LogP) is 2.71. The summed E-state index contributed by atoms with van der Waals surface area (Å²) in [6.45, 7) is 4.56. The zero-order chi connectivity index (χ0) is 18.8. The molecule has 1 atom stereocenters. The Bertz CT molecular complexity index is 897. The van der Waals surface area contributed by atoms with Gasteiger partial charge in [0.25, 0.3) is 5.91 Å². The van der Waals surface area contributed by atoms with Crippen LogP contribution in [0.1, 0.15) is 46.9 Å². The minimum Gasteiger partial charge on any atom is -0.361 e. The van der Waals surface area contributed by atoms with E-state index in [9.17, 15) is 4.79 Å². The van der Waals surface area contributed by atoms with Crippen LogP contribution >= 0.6 is 0 Å². The lowest BCUT2D eigenvalue weighted by Gasteiger charge is -2.24. The highest BCUT2D eigenvalue weighted by Crippen LogP contribution is 2.25. The maximum Gasteiger partial charge on any atom is 0.272 e. The molecule has 0 radical (unpaired) electrons. The number of nitrogens with zero attached hydrogens (tertiary/aromatic N) is 5. The first kappa shape index (κ1) is 17.4. The van der Waals surface area contributed by atoms with Gasteiger partial charge in [0.1, 0.15) is 11.5 Å². The van der Waals surface area contributed by atoms with Gasteiger partial charge in [0.15, 0.2) is 0 Å². The van der Waals surface area contributed by atoms with Gasteiger partial charge in [-0.1, -0.05) is 5.16 Å². The van der Waals surface area contributed by atoms with Crippen LogP contribution in [0.2, 0.25) is 0 Å². The van der Waals surface area contributed by atoms with Crippen molar-refractivity contribution >= 4 is 5.91 Å². The summed E-state index contributed by atoms with van der Waals surface area (Å²) >= 11 is 0. The van der Waals surface area contributed by atoms with Crippen molar-refractivity contribution in [2.45, 2.75) is 45.6 Å². The van der Waals surface area contributed by atoms with Crippen LogP contribution in [0.5, 0.6) is 0 Å². The van der Waals surface area contributed by atoms with Gasteiger partial charge in [-0.3, -0.25) is 19.9 Å². The van der Waals surface area contributed by atoms with Crippen LogP contribution in [-0.4, -0.2) is 48.7 Å². The molecule has 1 amide bonds. The molecular formula is C19H22N6O2. The van der Waals surface area contributed by atoms with Crippen LogP contribution in [0, 0.1) is 13.8 Å². The van der Waals surface area contributed by atoms with Crippen LogP contribution in [0.3, 0.4) is 0 Å². The standard InChI is InChI=1S/C19H22N6O2/c1-12-18(13(2)27-24-12)17-11-20-14(10-21-17)5-6-15-4-3-9-25(15)19(26)16-7-8-22-23-16/h7-8,10-11,15H,3-6,9H2,1-2H3,(H,22,23)/t15-/m1/s1. The Balaban J connectivity index is 1.40. The van der Waals surface area contributed by atoms with Crippen molar-refractivity contribution in [1.82, 2.24) is 30.2 Å². The number of hydrogen-bond acceptors (Lipinski definition) is 6. The van der Waals surface area contributed by atoms with Crippen molar-refractivity contribution in [2.75, 3.05) is 6.54 Å². The number of hydrogen-bond donors (Lipinski definition) is 1. The van der Waals surface area contributed by atoms with Crippen molar-refractivity contribution < 1.29 is 9.32 Å². The predicted molar refractivity (Wildman–Crippen MR) is 98.0 cm³/mol. The summed E-state index contributed by atoms with van der Waals surface area (Å²) < 4.78 is 5.20. The monoisotopic (exact) mass is 366 g/mol. The average Bonchev–Trinajstić information content (AvgIpc) is 3.42. The molecule has 1 saturated heterocycles. The van der Waals surface area contributed by atoms with Crippen molar-refractivity contribution in [3.8, 4) is 11.3 Å². The van der Waals surface area contributed by atoms with Crippen LogP contribution in [-0.2, 0) is 6.42 Å². The summed E-state index contributed by atoms with van der Waals surface area (Å²) in [5, 5.41) is 10.6. The molecule has 8 heteroatoms. The third kappa shape index (κ3) is 3.47. The van der Waals surface area contributed by atoms with Gasteiger partial charge in [0.2, 0.25) is 0 Å². The van der Waals surface area contributed by atoms with Gasteiger partial charge in [0.05, 0.1) is 28.8 Å². The number of nitrogens with one attached hydrogen (secondary N) is 1. The largest absolute Gasteiger partial charge is 0.361 e. The Morgan fingerprint density at radius 2 is 2.22 bits per heavy atom. The van der Waals surface area contributed by atoms with Crippen LogP contribution in [0.15, 0.2) is 29.2 Å². The molecule has 1 N–H and O–H groups in total. The maximum atomic E-state index is 12.6. The Hall–Kier alpha value is -3.03. The van der Waals surface area contributed by atoms with Crippen LogP contribution in [0.25, 0.3) is 11.3 Å². The molecule has 0 bridgehead atoms. The van der Waals surface area contributed by atoms with E-state index in [-0.39, 0.29) is 11.9 Å². The zero-order valence-corrected chi connectivity index (χ0v) is 15.5. The number of amides is 1. The van der Waals surface area contributed by atoms with E-state index >= 15 is 0 Å². The van der Waals surface area contributed by atoms with Gasteiger partial charge in [-0.15, -0.1) is 0 Å². The fourth-order valence-corrected chi connectivity index (χ4v) is 3.71. The Morgan fingerprint density at radius 3 is 2.89 bits per heavy atom. The summed E-state index contributed by atoms with van der Waals surface area (Å²) in [6, 6.07) is 1.95. The van der Waals surface area contributed by atoms with Gasteiger partial charge < -0.3 is 9.42 Å². The molecule has 0 unspecified atom stereocenters. The molecule has 3 aromatic rings. The van der Waals surface area contributed by atoms with Crippen molar-refractivity contribution in [2.24, 2.45) is 0 Å². The number of aryl methyl sites for hydroxylation is 3. The molecule has 0 aliphatic carbocycles. The van der Waals surface area contributed by atoms with Gasteiger partial charge in [0, 0.05) is 25.0 Å². The van der Waals surface area contributed by atoms with E-state index in [1.165, 1.54) is 0 Å². The number of aromatic nitrogens is 5. The first-order valence-corrected chi connectivity index (χ1v) is 9.18. The first-order valence-electron chi connectivity index (χ1n) is 9.18. The molecule has 4 heterocycles. The fraction of sp³-hybridized carbons (Fsp3) is 0.421. The van der Waals surface area contributed by atoms with Crippen LogP contribution < -0.4 is 0 Å². The molecule has 0 saturated carbocycles. The number of carbonyl (C=O) groups is 1. The average molecular weight is 366 g/mol. The van der Waals surface area contributed by atoms with Crippen molar-refractivity contribution in [1.29, 1.82) is 0 Å². The number of carbonyl (C=O) groups excluding carboxylic acids is 1. The van der Waals surface area contributed by atoms with E-state index in [0.717, 1.165) is 60.6 Å². The summed E-state index contributed by atoms with van der Waals surface area (Å²) in [4.78, 5) is 23.6. The first-order chi connectivity index (χ1) is 13.1. The summed E-state index contributed by atoms with van der Waals surface area (Å²) in [6.07, 6.45) is 8.88. The highest BCUT2D eigenvalue weighted by Gasteiger charge is 2.29. The highest BCUT2D eigenvalue weighted by molar-refractivity contribution is 5.92. The lowest BCUT2D eigenvalue weighted by molar-refractivity contribution is 0.0724. The minimum absolute atomic E-state index is 0.0230. The molecule has 0 spiro atoms. The summed E-state index contributed by atoms with van der Waals surface area (Å²) in [5.41, 5.74) is 3.96. The van der Waals surface area contributed by atoms with Gasteiger partial charge in [-0.05, 0) is 45.6 Å². The van der Waals surface area contributed by atoms with Gasteiger partial charge in [-0.2, -0.15) is 5.10 Å². The Labute approximate surface area is 157 Å². The highest BCUT2D eigenvalue weighted by atomic mass is 16.5. The second-order valence-electron chi connectivity index (χ2n) is 6.90. The molecule has 8 nitrogen and oxygen atoms in total. The second-order valence-corrected chi connectivity index (χ2v) is 6.90. The van der Waals surface area contributed by atoms with E-state index in [4.69, 9.17) is 4.52 Å². The van der Waals surface area contributed by atoms with E-state index in [2.05, 4.69) is 25.3 Å². The number of likely N-dealkylation sites (tertiary alicyclic amines) is 1. The third-order valence-electron chi connectivity index (χ3n) is 5.10. The van der Waals surface area contributed by atoms with E-state index < -0.39 is 0 Å². The number of rotatable bonds is 5. The zero-order valence-electron chi connectivity index (χ0n) is 15.5. The van der Waals surface area contributed by atoms with E-state index in [0.29, 0.717) is 5.69 Å². The fourth-order valence-electron chi connectivity index (χ4n) is 3.71. The normalized spacial score (nSPS) is 16.8. The molecule has 1 aliphatic rings. The minimum atomic E-state index is 0.0230. The van der Waals surface area contributed by atoms with E-state index in [1.807, 2.05) is 18.7 Å². The lowest BCUT2D eigenvalue weighted by Crippen LogP contribution is -2.36. The lowest BCUT2D eigenvalue weighted by atomic mass is 10.1. The van der Waals surface area contributed by atoms with Crippen LogP contribution in [0.4, 0.5) is 0 Å². The maximum absolute atomic E-state index is 12.6. The smallest absolute Gasteiger partial charge is 0.272 e. The number of aromatic amines is 1. The SMILES string of the molecule is Cc1noc(C)c1-c1cnc(CC[C@H]2CCCN2C(=O)c2ccn[nH]2)cn1. The van der Waals surface area contributed by atoms with Crippen molar-refractivity contribution in [3.05, 3.63) is 47.5 Å². The molecule has 1 fully saturated rings. The topological polar surface area (TPSA) is 101 Å². The van der Waals surface area contributed by atoms with Crippen molar-refractivity contribution in [3.63, 3.8) is 0 Å².